The van der Waals surface area contributed by atoms with Gasteiger partial charge in [-0.05, 0) is 54.7 Å². The molecule has 28 heavy (non-hydrogen) atoms. The molecule has 150 valence electrons. The summed E-state index contributed by atoms with van der Waals surface area (Å²) in [5, 5.41) is 7.41. The van der Waals surface area contributed by atoms with Crippen molar-refractivity contribution < 1.29 is 4.79 Å². The average molecular weight is 494 g/mol. The van der Waals surface area contributed by atoms with Crippen LogP contribution < -0.4 is 5.32 Å². The largest absolute Gasteiger partial charge is 0.309 e. The Kier molecular flexibility index (Phi) is 7.06. The monoisotopic (exact) mass is 494 g/mol. The molecule has 0 aliphatic rings. The van der Waals surface area contributed by atoms with Gasteiger partial charge in [-0.2, -0.15) is 5.10 Å². The highest BCUT2D eigenvalue weighted by Crippen LogP contribution is 2.20. The van der Waals surface area contributed by atoms with E-state index in [0.29, 0.717) is 18.9 Å². The molecule has 0 saturated heterocycles. The zero-order chi connectivity index (χ0) is 20.1. The standard InChI is InChI=1S/C20H27IN6O/c1-4-25(5-2)12-13-27-18-9-7-6-8-17(18)22-20(27)23-19(28)10-11-26-14-16(21)15(3)24-26/h6-9,14H,4-5,10-13H2,1-3H3,(H,22,23,28). The van der Waals surface area contributed by atoms with Crippen LogP contribution in [-0.4, -0.2) is 49.8 Å². The first kappa shape index (κ1) is 20.8. The van der Waals surface area contributed by atoms with Crippen molar-refractivity contribution in [3.05, 3.63) is 39.7 Å². The fourth-order valence-electron chi connectivity index (χ4n) is 3.19. The van der Waals surface area contributed by atoms with Crippen LogP contribution in [0.25, 0.3) is 11.0 Å². The number of carbonyl (C=O) groups is 1. The first-order valence-corrected chi connectivity index (χ1v) is 10.8. The number of anilines is 1. The molecule has 0 bridgehead atoms. The van der Waals surface area contributed by atoms with E-state index in [2.05, 4.69) is 67.4 Å². The van der Waals surface area contributed by atoms with E-state index in [4.69, 9.17) is 0 Å². The summed E-state index contributed by atoms with van der Waals surface area (Å²) in [6, 6.07) is 8.00. The highest BCUT2D eigenvalue weighted by atomic mass is 127. The predicted molar refractivity (Wildman–Crippen MR) is 120 cm³/mol. The molecule has 2 aromatic heterocycles. The van der Waals surface area contributed by atoms with Crippen molar-refractivity contribution in [2.24, 2.45) is 0 Å². The third-order valence-electron chi connectivity index (χ3n) is 4.89. The number of likely N-dealkylation sites (N-methyl/N-ethyl adjacent to an activating group) is 1. The van der Waals surface area contributed by atoms with E-state index in [1.807, 2.05) is 36.0 Å². The molecule has 1 amide bonds. The van der Waals surface area contributed by atoms with E-state index >= 15 is 0 Å². The van der Waals surface area contributed by atoms with Crippen molar-refractivity contribution >= 4 is 45.5 Å². The van der Waals surface area contributed by atoms with Crippen LogP contribution >= 0.6 is 22.6 Å². The summed E-state index contributed by atoms with van der Waals surface area (Å²) in [4.78, 5) is 19.5. The van der Waals surface area contributed by atoms with Gasteiger partial charge in [-0.1, -0.05) is 26.0 Å². The number of rotatable bonds is 9. The summed E-state index contributed by atoms with van der Waals surface area (Å²) < 4.78 is 5.03. The van der Waals surface area contributed by atoms with Gasteiger partial charge in [-0.15, -0.1) is 0 Å². The van der Waals surface area contributed by atoms with Gasteiger partial charge in [0, 0.05) is 32.3 Å². The lowest BCUT2D eigenvalue weighted by atomic mass is 10.3. The maximum Gasteiger partial charge on any atom is 0.228 e. The van der Waals surface area contributed by atoms with Gasteiger partial charge in [0.05, 0.1) is 20.3 Å². The molecule has 0 spiro atoms. The minimum Gasteiger partial charge on any atom is -0.309 e. The van der Waals surface area contributed by atoms with Gasteiger partial charge in [-0.25, -0.2) is 4.98 Å². The smallest absolute Gasteiger partial charge is 0.228 e. The van der Waals surface area contributed by atoms with Crippen molar-refractivity contribution in [3.8, 4) is 0 Å². The molecular formula is C20H27IN6O. The fourth-order valence-corrected chi connectivity index (χ4v) is 3.62. The number of benzene rings is 1. The minimum absolute atomic E-state index is 0.0532. The Balaban J connectivity index is 1.71. The zero-order valence-corrected chi connectivity index (χ0v) is 18.8. The van der Waals surface area contributed by atoms with Gasteiger partial charge in [0.15, 0.2) is 0 Å². The number of halogens is 1. The highest BCUT2D eigenvalue weighted by molar-refractivity contribution is 14.1. The van der Waals surface area contributed by atoms with Gasteiger partial charge in [0.2, 0.25) is 11.9 Å². The first-order valence-electron chi connectivity index (χ1n) is 9.68. The molecule has 0 radical (unpaired) electrons. The van der Waals surface area contributed by atoms with Crippen molar-refractivity contribution in [2.45, 2.75) is 40.3 Å². The number of nitrogens with one attached hydrogen (secondary N) is 1. The SMILES string of the molecule is CCN(CC)CCn1c(NC(=O)CCn2cc(I)c(C)n2)nc2ccccc21. The normalized spacial score (nSPS) is 11.5. The number of fused-ring (bicyclic) bond motifs is 1. The molecule has 7 nitrogen and oxygen atoms in total. The van der Waals surface area contributed by atoms with Crippen LogP contribution in [0.2, 0.25) is 0 Å². The Morgan fingerprint density at radius 3 is 2.64 bits per heavy atom. The Labute approximate surface area is 179 Å². The summed E-state index contributed by atoms with van der Waals surface area (Å²) in [6.07, 6.45) is 2.32. The molecule has 2 heterocycles. The van der Waals surface area contributed by atoms with Gasteiger partial charge in [0.25, 0.3) is 0 Å². The molecule has 0 aliphatic carbocycles. The van der Waals surface area contributed by atoms with Crippen LogP contribution in [-0.2, 0) is 17.9 Å². The Bertz CT molecular complexity index is 924. The van der Waals surface area contributed by atoms with Crippen LogP contribution in [0.4, 0.5) is 5.95 Å². The number of carbonyl (C=O) groups excluding carboxylic acids is 1. The summed E-state index contributed by atoms with van der Waals surface area (Å²) in [7, 11) is 0. The second kappa shape index (κ2) is 9.51. The number of aromatic nitrogens is 4. The van der Waals surface area contributed by atoms with Crippen LogP contribution in [0.5, 0.6) is 0 Å². The molecule has 3 aromatic rings. The van der Waals surface area contributed by atoms with E-state index in [-0.39, 0.29) is 5.91 Å². The maximum atomic E-state index is 12.5. The number of amides is 1. The molecule has 1 aromatic carbocycles. The Morgan fingerprint density at radius 2 is 1.96 bits per heavy atom. The second-order valence-electron chi connectivity index (χ2n) is 6.73. The number of aryl methyl sites for hydroxylation is 2. The van der Waals surface area contributed by atoms with E-state index < -0.39 is 0 Å². The predicted octanol–water partition coefficient (Wildman–Crippen LogP) is 3.52. The van der Waals surface area contributed by atoms with Gasteiger partial charge < -0.3 is 9.47 Å². The Morgan fingerprint density at radius 1 is 1.21 bits per heavy atom. The van der Waals surface area contributed by atoms with Crippen LogP contribution in [0, 0.1) is 10.5 Å². The fraction of sp³-hybridized carbons (Fsp3) is 0.450. The zero-order valence-electron chi connectivity index (χ0n) is 16.7. The van der Waals surface area contributed by atoms with Gasteiger partial charge in [0.1, 0.15) is 0 Å². The average Bonchev–Trinajstić information content (AvgIpc) is 3.20. The molecule has 0 aliphatic heterocycles. The number of hydrogen-bond acceptors (Lipinski definition) is 4. The first-order chi connectivity index (χ1) is 13.5. The van der Waals surface area contributed by atoms with Gasteiger partial charge in [-0.3, -0.25) is 14.8 Å². The van der Waals surface area contributed by atoms with E-state index in [0.717, 1.165) is 46.5 Å². The third kappa shape index (κ3) is 4.91. The molecule has 0 saturated carbocycles. The van der Waals surface area contributed by atoms with Crippen LogP contribution in [0.1, 0.15) is 26.0 Å². The highest BCUT2D eigenvalue weighted by Gasteiger charge is 2.14. The number of para-hydroxylation sites is 2. The maximum absolute atomic E-state index is 12.5. The van der Waals surface area contributed by atoms with E-state index in [1.165, 1.54) is 0 Å². The van der Waals surface area contributed by atoms with Crippen LogP contribution in [0.15, 0.2) is 30.5 Å². The topological polar surface area (TPSA) is 68.0 Å². The van der Waals surface area contributed by atoms with Crippen molar-refractivity contribution in [3.63, 3.8) is 0 Å². The lowest BCUT2D eigenvalue weighted by molar-refractivity contribution is -0.116. The molecular weight excluding hydrogens is 467 g/mol. The second-order valence-corrected chi connectivity index (χ2v) is 7.89. The molecule has 8 heteroatoms. The molecule has 0 unspecified atom stereocenters. The summed E-state index contributed by atoms with van der Waals surface area (Å²) in [5.41, 5.74) is 2.93. The minimum atomic E-state index is -0.0532. The quantitative estimate of drug-likeness (QED) is 0.463. The lowest BCUT2D eigenvalue weighted by Gasteiger charge is -2.19. The molecule has 0 fully saturated rings. The number of hydrogen-bond donors (Lipinski definition) is 1. The summed E-state index contributed by atoms with van der Waals surface area (Å²) >= 11 is 2.25. The lowest BCUT2D eigenvalue weighted by Crippen LogP contribution is -2.27. The van der Waals surface area contributed by atoms with Crippen molar-refractivity contribution in [1.29, 1.82) is 0 Å². The molecule has 0 atom stereocenters. The third-order valence-corrected chi connectivity index (χ3v) is 5.95. The summed E-state index contributed by atoms with van der Waals surface area (Å²) in [5.74, 6) is 0.562. The van der Waals surface area contributed by atoms with Gasteiger partial charge >= 0.3 is 0 Å². The Hall–Kier alpha value is -1.94. The number of imidazole rings is 1. The number of nitrogens with zero attached hydrogens (tertiary/aromatic N) is 5. The van der Waals surface area contributed by atoms with E-state index in [1.54, 1.807) is 0 Å². The van der Waals surface area contributed by atoms with Crippen LogP contribution in [0.3, 0.4) is 0 Å². The van der Waals surface area contributed by atoms with E-state index in [9.17, 15) is 4.79 Å². The molecule has 1 N–H and O–H groups in total. The van der Waals surface area contributed by atoms with Crippen molar-refractivity contribution in [1.82, 2.24) is 24.2 Å². The van der Waals surface area contributed by atoms with Crippen molar-refractivity contribution in [2.75, 3.05) is 25.0 Å². The summed E-state index contributed by atoms with van der Waals surface area (Å²) in [6.45, 7) is 10.6. The molecule has 3 rings (SSSR count).